The smallest absolute Gasteiger partial charge is 0.0941 e. The van der Waals surface area contributed by atoms with Gasteiger partial charge in [-0.2, -0.15) is 0 Å². The minimum Gasteiger partial charge on any atom is -0.305 e. The Kier molecular flexibility index (Phi) is 5.22. The highest BCUT2D eigenvalue weighted by Gasteiger charge is 2.12. The first-order chi connectivity index (χ1) is 8.28. The van der Waals surface area contributed by atoms with Crippen LogP contribution in [0, 0.1) is 0 Å². The fraction of sp³-hybridized carbons (Fsp3) is 0.750. The van der Waals surface area contributed by atoms with E-state index in [1.807, 2.05) is 0 Å². The molecule has 1 aromatic heterocycles. The summed E-state index contributed by atoms with van der Waals surface area (Å²) in [5.74, 6) is 0.533. The van der Waals surface area contributed by atoms with Gasteiger partial charge in [-0.1, -0.05) is 0 Å². The zero-order chi connectivity index (χ0) is 12.1. The van der Waals surface area contributed by atoms with Gasteiger partial charge in [-0.05, 0) is 26.6 Å². The second-order valence-corrected chi connectivity index (χ2v) is 5.82. The Morgan fingerprint density at radius 2 is 2.24 bits per heavy atom. The standard InChI is InChI=1S/C12H20ClN3S/c1-15-4-2-5-16(8-7-15)6-3-12-14-11(9-13)10-17-12/h10H,2-9H2,1H3. The fourth-order valence-corrected chi connectivity index (χ4v) is 3.12. The summed E-state index contributed by atoms with van der Waals surface area (Å²) in [6, 6.07) is 0. The van der Waals surface area contributed by atoms with E-state index < -0.39 is 0 Å². The molecule has 1 aliphatic heterocycles. The predicted octanol–water partition coefficient (Wildman–Crippen LogP) is 2.06. The zero-order valence-corrected chi connectivity index (χ0v) is 11.9. The lowest BCUT2D eigenvalue weighted by Crippen LogP contribution is -2.30. The molecular weight excluding hydrogens is 254 g/mol. The highest BCUT2D eigenvalue weighted by molar-refractivity contribution is 7.09. The van der Waals surface area contributed by atoms with E-state index in [-0.39, 0.29) is 0 Å². The molecule has 0 spiro atoms. The van der Waals surface area contributed by atoms with Crippen LogP contribution in [0.25, 0.3) is 0 Å². The molecular formula is C12H20ClN3S. The molecule has 1 fully saturated rings. The van der Waals surface area contributed by atoms with Crippen molar-refractivity contribution in [3.63, 3.8) is 0 Å². The lowest BCUT2D eigenvalue weighted by Gasteiger charge is -2.19. The van der Waals surface area contributed by atoms with Gasteiger partial charge in [-0.3, -0.25) is 0 Å². The first-order valence-corrected chi connectivity index (χ1v) is 7.59. The van der Waals surface area contributed by atoms with Crippen LogP contribution in [-0.2, 0) is 12.3 Å². The molecule has 0 radical (unpaired) electrons. The number of aromatic nitrogens is 1. The van der Waals surface area contributed by atoms with Crippen molar-refractivity contribution in [2.75, 3.05) is 39.8 Å². The topological polar surface area (TPSA) is 19.4 Å². The van der Waals surface area contributed by atoms with Crippen LogP contribution in [0.4, 0.5) is 0 Å². The van der Waals surface area contributed by atoms with E-state index in [2.05, 4.69) is 27.2 Å². The van der Waals surface area contributed by atoms with Gasteiger partial charge in [0, 0.05) is 31.4 Å². The average Bonchev–Trinajstić information content (AvgIpc) is 2.70. The van der Waals surface area contributed by atoms with Crippen LogP contribution in [-0.4, -0.2) is 54.6 Å². The summed E-state index contributed by atoms with van der Waals surface area (Å²) in [4.78, 5) is 9.46. The van der Waals surface area contributed by atoms with Gasteiger partial charge in [0.1, 0.15) is 0 Å². The molecule has 0 atom stereocenters. The third-order valence-electron chi connectivity index (χ3n) is 3.19. The van der Waals surface area contributed by atoms with E-state index in [0.29, 0.717) is 5.88 Å². The van der Waals surface area contributed by atoms with Gasteiger partial charge in [0.15, 0.2) is 0 Å². The van der Waals surface area contributed by atoms with Crippen LogP contribution < -0.4 is 0 Å². The molecule has 0 saturated carbocycles. The molecule has 3 nitrogen and oxygen atoms in total. The SMILES string of the molecule is CN1CCCN(CCc2nc(CCl)cs2)CC1. The molecule has 0 N–H and O–H groups in total. The molecule has 0 aromatic carbocycles. The first-order valence-electron chi connectivity index (χ1n) is 6.18. The highest BCUT2D eigenvalue weighted by atomic mass is 35.5. The monoisotopic (exact) mass is 273 g/mol. The van der Waals surface area contributed by atoms with Crippen LogP contribution in [0.15, 0.2) is 5.38 Å². The quantitative estimate of drug-likeness (QED) is 0.783. The van der Waals surface area contributed by atoms with Gasteiger partial charge in [-0.25, -0.2) is 4.98 Å². The summed E-state index contributed by atoms with van der Waals surface area (Å²) in [6.07, 6.45) is 2.34. The maximum Gasteiger partial charge on any atom is 0.0941 e. The Balaban J connectivity index is 1.77. The third kappa shape index (κ3) is 4.21. The van der Waals surface area contributed by atoms with Crippen molar-refractivity contribution in [2.45, 2.75) is 18.7 Å². The highest BCUT2D eigenvalue weighted by Crippen LogP contribution is 2.13. The lowest BCUT2D eigenvalue weighted by molar-refractivity contribution is 0.279. The summed E-state index contributed by atoms with van der Waals surface area (Å²) < 4.78 is 0. The van der Waals surface area contributed by atoms with Crippen LogP contribution in [0.5, 0.6) is 0 Å². The van der Waals surface area contributed by atoms with Crippen LogP contribution >= 0.6 is 22.9 Å². The molecule has 1 aliphatic rings. The summed E-state index contributed by atoms with van der Waals surface area (Å²) in [7, 11) is 2.21. The van der Waals surface area contributed by atoms with E-state index in [1.165, 1.54) is 37.6 Å². The van der Waals surface area contributed by atoms with Crippen molar-refractivity contribution in [3.8, 4) is 0 Å². The van der Waals surface area contributed by atoms with Gasteiger partial charge in [0.25, 0.3) is 0 Å². The maximum atomic E-state index is 5.75. The number of likely N-dealkylation sites (N-methyl/N-ethyl adjacent to an activating group) is 1. The molecule has 96 valence electrons. The molecule has 0 unspecified atom stereocenters. The number of halogens is 1. The van der Waals surface area contributed by atoms with E-state index in [4.69, 9.17) is 11.6 Å². The molecule has 17 heavy (non-hydrogen) atoms. The number of nitrogens with zero attached hydrogens (tertiary/aromatic N) is 3. The van der Waals surface area contributed by atoms with Gasteiger partial charge >= 0.3 is 0 Å². The molecule has 0 amide bonds. The summed E-state index contributed by atoms with van der Waals surface area (Å²) in [6.45, 7) is 5.94. The largest absolute Gasteiger partial charge is 0.305 e. The third-order valence-corrected chi connectivity index (χ3v) is 4.42. The van der Waals surface area contributed by atoms with Gasteiger partial charge < -0.3 is 9.80 Å². The second-order valence-electron chi connectivity index (χ2n) is 4.61. The molecule has 0 aliphatic carbocycles. The minimum absolute atomic E-state index is 0.533. The Bertz CT molecular complexity index is 342. The van der Waals surface area contributed by atoms with Crippen LogP contribution in [0.1, 0.15) is 17.1 Å². The summed E-state index contributed by atoms with van der Waals surface area (Å²) in [5, 5.41) is 3.29. The van der Waals surface area contributed by atoms with Gasteiger partial charge in [0.05, 0.1) is 16.6 Å². The van der Waals surface area contributed by atoms with Crippen molar-refractivity contribution >= 4 is 22.9 Å². The predicted molar refractivity (Wildman–Crippen MR) is 73.9 cm³/mol. The first kappa shape index (κ1) is 13.3. The maximum absolute atomic E-state index is 5.75. The van der Waals surface area contributed by atoms with Crippen molar-refractivity contribution in [2.24, 2.45) is 0 Å². The minimum atomic E-state index is 0.533. The van der Waals surface area contributed by atoms with E-state index in [1.54, 1.807) is 11.3 Å². The van der Waals surface area contributed by atoms with Crippen LogP contribution in [0.3, 0.4) is 0 Å². The fourth-order valence-electron chi connectivity index (χ4n) is 2.10. The molecule has 1 aromatic rings. The molecule has 2 heterocycles. The van der Waals surface area contributed by atoms with Crippen LogP contribution in [0.2, 0.25) is 0 Å². The second kappa shape index (κ2) is 6.69. The molecule has 0 bridgehead atoms. The molecule has 5 heteroatoms. The van der Waals surface area contributed by atoms with Gasteiger partial charge in [-0.15, -0.1) is 22.9 Å². The number of thiazole rings is 1. The van der Waals surface area contributed by atoms with Crippen molar-refractivity contribution in [3.05, 3.63) is 16.1 Å². The normalized spacial score (nSPS) is 19.4. The molecule has 2 rings (SSSR count). The number of hydrogen-bond donors (Lipinski definition) is 0. The number of rotatable bonds is 4. The van der Waals surface area contributed by atoms with Gasteiger partial charge in [0.2, 0.25) is 0 Å². The van der Waals surface area contributed by atoms with E-state index >= 15 is 0 Å². The Hall–Kier alpha value is -0.160. The van der Waals surface area contributed by atoms with Crippen molar-refractivity contribution in [1.29, 1.82) is 0 Å². The van der Waals surface area contributed by atoms with E-state index in [9.17, 15) is 0 Å². The summed E-state index contributed by atoms with van der Waals surface area (Å²) >= 11 is 7.49. The van der Waals surface area contributed by atoms with E-state index in [0.717, 1.165) is 18.7 Å². The Labute approximate surface area is 112 Å². The lowest BCUT2D eigenvalue weighted by atomic mass is 10.3. The number of alkyl halides is 1. The molecule has 1 saturated heterocycles. The summed E-state index contributed by atoms with van der Waals surface area (Å²) in [5.41, 5.74) is 1.02. The number of hydrogen-bond acceptors (Lipinski definition) is 4. The van der Waals surface area contributed by atoms with Crippen molar-refractivity contribution < 1.29 is 0 Å². The zero-order valence-electron chi connectivity index (χ0n) is 10.4. The Morgan fingerprint density at radius 1 is 1.35 bits per heavy atom. The Morgan fingerprint density at radius 3 is 3.00 bits per heavy atom. The average molecular weight is 274 g/mol. The van der Waals surface area contributed by atoms with Crippen molar-refractivity contribution in [1.82, 2.24) is 14.8 Å².